The molecule has 3 rings (SSSR count). The molecule has 6 heteroatoms. The number of aliphatic hydroxyl groups is 1. The Morgan fingerprint density at radius 2 is 2.05 bits per heavy atom. The fourth-order valence-electron chi connectivity index (χ4n) is 2.58. The third-order valence-electron chi connectivity index (χ3n) is 3.64. The Labute approximate surface area is 127 Å². The summed E-state index contributed by atoms with van der Waals surface area (Å²) in [5, 5.41) is 20.3. The highest BCUT2D eigenvalue weighted by Crippen LogP contribution is 2.27. The molecular weight excluding hydrogens is 284 g/mol. The highest BCUT2D eigenvalue weighted by atomic mass is 32.1. The highest BCUT2D eigenvalue weighted by molar-refractivity contribution is 7.05. The monoisotopic (exact) mass is 302 g/mol. The van der Waals surface area contributed by atoms with Crippen molar-refractivity contribution in [3.05, 3.63) is 40.5 Å². The largest absolute Gasteiger partial charge is 0.387 e. The van der Waals surface area contributed by atoms with E-state index < -0.39 is 6.10 Å². The first kappa shape index (κ1) is 14.2. The van der Waals surface area contributed by atoms with Gasteiger partial charge in [-0.05, 0) is 30.9 Å². The molecule has 3 aromatic rings. The van der Waals surface area contributed by atoms with E-state index in [0.29, 0.717) is 6.42 Å². The van der Waals surface area contributed by atoms with Crippen LogP contribution in [0.25, 0.3) is 10.9 Å². The zero-order chi connectivity index (χ0) is 14.8. The normalized spacial score (nSPS) is 12.9. The lowest BCUT2D eigenvalue weighted by molar-refractivity contribution is 0.180. The van der Waals surface area contributed by atoms with E-state index >= 15 is 0 Å². The predicted octanol–water partition coefficient (Wildman–Crippen LogP) is 2.75. The first-order chi connectivity index (χ1) is 10.2. The summed E-state index contributed by atoms with van der Waals surface area (Å²) in [5.41, 5.74) is 2.92. The topological polar surface area (TPSA) is 63.8 Å². The first-order valence-electron chi connectivity index (χ1n) is 7.18. The van der Waals surface area contributed by atoms with E-state index in [1.54, 1.807) is 0 Å². The second kappa shape index (κ2) is 5.91. The summed E-state index contributed by atoms with van der Waals surface area (Å²) in [6.07, 6.45) is 0.681. The average Bonchev–Trinajstić information content (AvgIpc) is 3.12. The molecule has 0 amide bonds. The van der Waals surface area contributed by atoms with Crippen molar-refractivity contribution in [1.29, 1.82) is 0 Å². The Kier molecular flexibility index (Phi) is 3.98. The summed E-state index contributed by atoms with van der Waals surface area (Å²) >= 11 is 1.27. The van der Waals surface area contributed by atoms with Gasteiger partial charge < -0.3 is 5.11 Å². The molecule has 1 aromatic carbocycles. The van der Waals surface area contributed by atoms with Gasteiger partial charge in [0.1, 0.15) is 0 Å². The molecule has 1 N–H and O–H groups in total. The van der Waals surface area contributed by atoms with Gasteiger partial charge in [0, 0.05) is 18.4 Å². The van der Waals surface area contributed by atoms with E-state index in [9.17, 15) is 5.11 Å². The van der Waals surface area contributed by atoms with Crippen LogP contribution in [0, 0.1) is 0 Å². The SMILES string of the molecule is CCc1nnsc1C(O)Cc1nn(CC)c2ccccc12. The zero-order valence-electron chi connectivity index (χ0n) is 12.2. The summed E-state index contributed by atoms with van der Waals surface area (Å²) in [7, 11) is 0. The van der Waals surface area contributed by atoms with E-state index in [0.717, 1.165) is 40.1 Å². The van der Waals surface area contributed by atoms with E-state index in [1.165, 1.54) is 11.5 Å². The standard InChI is InChI=1S/C15H18N4OS/c1-3-11-15(21-18-16-11)14(20)9-12-10-7-5-6-8-13(10)19(4-2)17-12/h5-8,14,20H,3-4,9H2,1-2H3. The minimum Gasteiger partial charge on any atom is -0.387 e. The number of fused-ring (bicyclic) bond motifs is 1. The predicted molar refractivity (Wildman–Crippen MR) is 83.4 cm³/mol. The van der Waals surface area contributed by atoms with Crippen LogP contribution in [-0.2, 0) is 19.4 Å². The second-order valence-electron chi connectivity index (χ2n) is 4.94. The van der Waals surface area contributed by atoms with Crippen molar-refractivity contribution in [2.24, 2.45) is 0 Å². The van der Waals surface area contributed by atoms with Crippen molar-refractivity contribution in [3.8, 4) is 0 Å². The summed E-state index contributed by atoms with van der Waals surface area (Å²) in [5.74, 6) is 0. The third-order valence-corrected chi connectivity index (χ3v) is 4.51. The van der Waals surface area contributed by atoms with Crippen molar-refractivity contribution >= 4 is 22.4 Å². The van der Waals surface area contributed by atoms with Crippen molar-refractivity contribution in [1.82, 2.24) is 19.4 Å². The summed E-state index contributed by atoms with van der Waals surface area (Å²) in [6.45, 7) is 4.91. The molecular formula is C15H18N4OS. The van der Waals surface area contributed by atoms with Crippen LogP contribution in [0.15, 0.2) is 24.3 Å². The van der Waals surface area contributed by atoms with Crippen molar-refractivity contribution in [2.45, 2.75) is 39.3 Å². The van der Waals surface area contributed by atoms with Crippen molar-refractivity contribution < 1.29 is 5.11 Å². The van der Waals surface area contributed by atoms with Crippen molar-refractivity contribution in [3.63, 3.8) is 0 Å². The summed E-state index contributed by atoms with van der Waals surface area (Å²) in [6, 6.07) is 8.14. The molecule has 0 saturated heterocycles. The minimum absolute atomic E-state index is 0.490. The molecule has 5 nitrogen and oxygen atoms in total. The molecule has 0 aliphatic heterocycles. The van der Waals surface area contributed by atoms with Gasteiger partial charge in [0.25, 0.3) is 0 Å². The maximum absolute atomic E-state index is 10.5. The quantitative estimate of drug-likeness (QED) is 0.787. The molecule has 0 radical (unpaired) electrons. The van der Waals surface area contributed by atoms with Crippen LogP contribution in [0.3, 0.4) is 0 Å². The number of aromatic nitrogens is 4. The number of aliphatic hydroxyl groups excluding tert-OH is 1. The molecule has 110 valence electrons. The fourth-order valence-corrected chi connectivity index (χ4v) is 3.30. The molecule has 1 atom stereocenters. The maximum atomic E-state index is 10.5. The van der Waals surface area contributed by atoms with Gasteiger partial charge in [-0.1, -0.05) is 29.6 Å². The number of nitrogens with zero attached hydrogens (tertiary/aromatic N) is 4. The molecule has 0 fully saturated rings. The van der Waals surface area contributed by atoms with Gasteiger partial charge in [-0.15, -0.1) is 5.10 Å². The molecule has 0 aliphatic rings. The van der Waals surface area contributed by atoms with Crippen LogP contribution < -0.4 is 0 Å². The van der Waals surface area contributed by atoms with E-state index in [2.05, 4.69) is 33.7 Å². The van der Waals surface area contributed by atoms with E-state index in [1.807, 2.05) is 23.7 Å². The van der Waals surface area contributed by atoms with E-state index in [4.69, 9.17) is 0 Å². The van der Waals surface area contributed by atoms with Crippen LogP contribution in [0.2, 0.25) is 0 Å². The number of rotatable bonds is 5. The Morgan fingerprint density at radius 3 is 2.81 bits per heavy atom. The van der Waals surface area contributed by atoms with Gasteiger partial charge in [-0.3, -0.25) is 4.68 Å². The highest BCUT2D eigenvalue weighted by Gasteiger charge is 2.19. The van der Waals surface area contributed by atoms with Crippen LogP contribution in [-0.4, -0.2) is 24.5 Å². The fraction of sp³-hybridized carbons (Fsp3) is 0.400. The lowest BCUT2D eigenvalue weighted by atomic mass is 10.1. The van der Waals surface area contributed by atoms with E-state index in [-0.39, 0.29) is 0 Å². The number of hydrogen-bond donors (Lipinski definition) is 1. The molecule has 2 aromatic heterocycles. The third kappa shape index (κ3) is 2.56. The molecule has 0 spiro atoms. The molecule has 0 saturated carbocycles. The zero-order valence-corrected chi connectivity index (χ0v) is 13.0. The van der Waals surface area contributed by atoms with Crippen LogP contribution >= 0.6 is 11.5 Å². The van der Waals surface area contributed by atoms with Gasteiger partial charge >= 0.3 is 0 Å². The smallest absolute Gasteiger partial charge is 0.0973 e. The number of hydrogen-bond acceptors (Lipinski definition) is 5. The number of para-hydroxylation sites is 1. The molecule has 0 aliphatic carbocycles. The lowest BCUT2D eigenvalue weighted by Crippen LogP contribution is -2.04. The Morgan fingerprint density at radius 1 is 1.24 bits per heavy atom. The average molecular weight is 302 g/mol. The molecule has 2 heterocycles. The molecule has 0 bridgehead atoms. The molecule has 21 heavy (non-hydrogen) atoms. The van der Waals surface area contributed by atoms with Gasteiger partial charge in [0.2, 0.25) is 0 Å². The van der Waals surface area contributed by atoms with Gasteiger partial charge in [0.15, 0.2) is 0 Å². The summed E-state index contributed by atoms with van der Waals surface area (Å²) in [4.78, 5) is 0.854. The Hall–Kier alpha value is -1.79. The first-order valence-corrected chi connectivity index (χ1v) is 7.95. The second-order valence-corrected chi connectivity index (χ2v) is 5.72. The van der Waals surface area contributed by atoms with Gasteiger partial charge in [-0.25, -0.2) is 0 Å². The van der Waals surface area contributed by atoms with Gasteiger partial charge in [-0.2, -0.15) is 5.10 Å². The molecule has 1 unspecified atom stereocenters. The Bertz CT molecular complexity index is 749. The summed E-state index contributed by atoms with van der Waals surface area (Å²) < 4.78 is 5.92. The number of benzene rings is 1. The minimum atomic E-state index is -0.594. The Balaban J connectivity index is 1.95. The lowest BCUT2D eigenvalue weighted by Gasteiger charge is -2.07. The van der Waals surface area contributed by atoms with Crippen LogP contribution in [0.1, 0.15) is 36.2 Å². The van der Waals surface area contributed by atoms with Crippen molar-refractivity contribution in [2.75, 3.05) is 0 Å². The van der Waals surface area contributed by atoms with Crippen LogP contribution in [0.5, 0.6) is 0 Å². The van der Waals surface area contributed by atoms with Gasteiger partial charge in [0.05, 0.1) is 27.9 Å². The maximum Gasteiger partial charge on any atom is 0.0973 e. The number of aryl methyl sites for hydroxylation is 2. The van der Waals surface area contributed by atoms with Crippen LogP contribution in [0.4, 0.5) is 0 Å².